The van der Waals surface area contributed by atoms with Crippen molar-refractivity contribution in [3.8, 4) is 0 Å². The van der Waals surface area contributed by atoms with E-state index in [1.165, 1.54) is 31.0 Å². The first-order valence-electron chi connectivity index (χ1n) is 8.28. The SMILES string of the molecule is COCC(C)NS(=O)(=O)c1ccc(NC(=O)CSCc2cccnc2)cc1. The lowest BCUT2D eigenvalue weighted by atomic mass is 10.3. The second kappa shape index (κ2) is 10.4. The number of hydrogen-bond acceptors (Lipinski definition) is 6. The van der Waals surface area contributed by atoms with Gasteiger partial charge in [0.05, 0.1) is 17.3 Å². The molecule has 0 spiro atoms. The average Bonchev–Trinajstić information content (AvgIpc) is 2.63. The van der Waals surface area contributed by atoms with Crippen LogP contribution >= 0.6 is 11.8 Å². The minimum Gasteiger partial charge on any atom is -0.383 e. The molecule has 27 heavy (non-hydrogen) atoms. The minimum atomic E-state index is -3.62. The van der Waals surface area contributed by atoms with Gasteiger partial charge >= 0.3 is 0 Å². The third-order valence-electron chi connectivity index (χ3n) is 3.45. The second-order valence-electron chi connectivity index (χ2n) is 5.90. The lowest BCUT2D eigenvalue weighted by Crippen LogP contribution is -2.35. The average molecular weight is 410 g/mol. The molecule has 1 heterocycles. The molecule has 0 saturated carbocycles. The Morgan fingerprint density at radius 3 is 2.63 bits per heavy atom. The van der Waals surface area contributed by atoms with Crippen molar-refractivity contribution in [3.05, 3.63) is 54.4 Å². The number of pyridine rings is 1. The Morgan fingerprint density at radius 1 is 1.26 bits per heavy atom. The molecular weight excluding hydrogens is 386 g/mol. The summed E-state index contributed by atoms with van der Waals surface area (Å²) >= 11 is 1.48. The summed E-state index contributed by atoms with van der Waals surface area (Å²) in [5, 5.41) is 2.76. The molecule has 0 radical (unpaired) electrons. The van der Waals surface area contributed by atoms with Crippen LogP contribution in [0.25, 0.3) is 0 Å². The highest BCUT2D eigenvalue weighted by Gasteiger charge is 2.17. The van der Waals surface area contributed by atoms with Crippen LogP contribution in [0.15, 0.2) is 53.7 Å². The summed E-state index contributed by atoms with van der Waals surface area (Å²) in [4.78, 5) is 16.2. The summed E-state index contributed by atoms with van der Waals surface area (Å²) in [5.74, 6) is 0.848. The number of carbonyl (C=O) groups excluding carboxylic acids is 1. The number of amides is 1. The number of carbonyl (C=O) groups is 1. The van der Waals surface area contributed by atoms with Gasteiger partial charge in [-0.15, -0.1) is 11.8 Å². The number of thioether (sulfide) groups is 1. The monoisotopic (exact) mass is 409 g/mol. The molecule has 9 heteroatoms. The molecule has 2 N–H and O–H groups in total. The van der Waals surface area contributed by atoms with Crippen molar-refractivity contribution in [2.24, 2.45) is 0 Å². The van der Waals surface area contributed by atoms with Crippen molar-refractivity contribution in [2.75, 3.05) is 24.8 Å². The maximum absolute atomic E-state index is 12.3. The van der Waals surface area contributed by atoms with Crippen LogP contribution in [0.4, 0.5) is 5.69 Å². The molecular formula is C18H23N3O4S2. The van der Waals surface area contributed by atoms with E-state index in [2.05, 4.69) is 15.0 Å². The number of anilines is 1. The van der Waals surface area contributed by atoms with Gasteiger partial charge in [0, 0.05) is 37.0 Å². The zero-order chi connectivity index (χ0) is 19.7. The Bertz CT molecular complexity index is 827. The lowest BCUT2D eigenvalue weighted by molar-refractivity contribution is -0.113. The number of nitrogens with zero attached hydrogens (tertiary/aromatic N) is 1. The van der Waals surface area contributed by atoms with E-state index in [0.29, 0.717) is 17.2 Å². The van der Waals surface area contributed by atoms with E-state index in [1.807, 2.05) is 12.1 Å². The number of hydrogen-bond donors (Lipinski definition) is 2. The molecule has 146 valence electrons. The maximum atomic E-state index is 12.3. The van der Waals surface area contributed by atoms with Crippen LogP contribution in [0.3, 0.4) is 0 Å². The van der Waals surface area contributed by atoms with Crippen molar-refractivity contribution >= 4 is 33.4 Å². The van der Waals surface area contributed by atoms with E-state index < -0.39 is 10.0 Å². The van der Waals surface area contributed by atoms with Crippen molar-refractivity contribution < 1.29 is 17.9 Å². The molecule has 1 aromatic carbocycles. The van der Waals surface area contributed by atoms with Crippen molar-refractivity contribution in [2.45, 2.75) is 23.6 Å². The number of nitrogens with one attached hydrogen (secondary N) is 2. The third kappa shape index (κ3) is 7.30. The molecule has 0 bridgehead atoms. The van der Waals surface area contributed by atoms with Gasteiger partial charge in [-0.3, -0.25) is 9.78 Å². The van der Waals surface area contributed by atoms with Gasteiger partial charge in [-0.25, -0.2) is 13.1 Å². The van der Waals surface area contributed by atoms with Gasteiger partial charge in [-0.05, 0) is 42.8 Å². The van der Waals surface area contributed by atoms with Crippen LogP contribution < -0.4 is 10.0 Å². The van der Waals surface area contributed by atoms with Gasteiger partial charge in [0.15, 0.2) is 0 Å². The molecule has 7 nitrogen and oxygen atoms in total. The van der Waals surface area contributed by atoms with Gasteiger partial charge in [0.25, 0.3) is 0 Å². The number of aromatic nitrogens is 1. The maximum Gasteiger partial charge on any atom is 0.240 e. The van der Waals surface area contributed by atoms with Crippen LogP contribution in [0.1, 0.15) is 12.5 Å². The molecule has 0 aliphatic rings. The fourth-order valence-corrected chi connectivity index (χ4v) is 4.27. The standard InChI is InChI=1S/C18H23N3O4S2/c1-14(11-25-2)21-27(23,24)17-7-5-16(6-8-17)20-18(22)13-26-12-15-4-3-9-19-10-15/h3-10,14,21H,11-13H2,1-2H3,(H,20,22). The van der Waals surface area contributed by atoms with Crippen LogP contribution in [0.2, 0.25) is 0 Å². The number of ether oxygens (including phenoxy) is 1. The van der Waals surface area contributed by atoms with Crippen LogP contribution in [0.5, 0.6) is 0 Å². The smallest absolute Gasteiger partial charge is 0.240 e. The van der Waals surface area contributed by atoms with Crippen molar-refractivity contribution in [1.29, 1.82) is 0 Å². The predicted octanol–water partition coefficient (Wildman–Crippen LogP) is 2.27. The molecule has 1 amide bonds. The summed E-state index contributed by atoms with van der Waals surface area (Å²) in [7, 11) is -2.11. The highest BCUT2D eigenvalue weighted by molar-refractivity contribution is 7.99. The number of methoxy groups -OCH3 is 1. The van der Waals surface area contributed by atoms with Gasteiger partial charge in [0.1, 0.15) is 0 Å². The van der Waals surface area contributed by atoms with E-state index >= 15 is 0 Å². The molecule has 2 aromatic rings. The topological polar surface area (TPSA) is 97.4 Å². The Hall–Kier alpha value is -1.94. The zero-order valence-electron chi connectivity index (χ0n) is 15.2. The van der Waals surface area contributed by atoms with E-state index in [4.69, 9.17) is 4.74 Å². The highest BCUT2D eigenvalue weighted by Crippen LogP contribution is 2.16. The van der Waals surface area contributed by atoms with E-state index in [9.17, 15) is 13.2 Å². The van der Waals surface area contributed by atoms with E-state index in [-0.39, 0.29) is 23.5 Å². The number of benzene rings is 1. The summed E-state index contributed by atoms with van der Waals surface area (Å²) in [6, 6.07) is 9.53. The summed E-state index contributed by atoms with van der Waals surface area (Å²) in [6.07, 6.45) is 3.48. The highest BCUT2D eigenvalue weighted by atomic mass is 32.2. The Morgan fingerprint density at radius 2 is 2.00 bits per heavy atom. The van der Waals surface area contributed by atoms with Crippen molar-refractivity contribution in [1.82, 2.24) is 9.71 Å². The van der Waals surface area contributed by atoms with Crippen LogP contribution in [-0.4, -0.2) is 44.8 Å². The summed E-state index contributed by atoms with van der Waals surface area (Å²) < 4.78 is 32.0. The molecule has 0 aliphatic heterocycles. The lowest BCUT2D eigenvalue weighted by Gasteiger charge is -2.13. The van der Waals surface area contributed by atoms with Crippen LogP contribution in [-0.2, 0) is 25.3 Å². The molecule has 1 aromatic heterocycles. The molecule has 0 aliphatic carbocycles. The minimum absolute atomic E-state index is 0.134. The fraction of sp³-hybridized carbons (Fsp3) is 0.333. The normalized spacial score (nSPS) is 12.5. The van der Waals surface area contributed by atoms with Gasteiger partial charge in [-0.1, -0.05) is 6.07 Å². The van der Waals surface area contributed by atoms with Gasteiger partial charge in [-0.2, -0.15) is 0 Å². The molecule has 1 atom stereocenters. The quantitative estimate of drug-likeness (QED) is 0.625. The Labute approximate surface area is 164 Å². The van der Waals surface area contributed by atoms with Gasteiger partial charge in [0.2, 0.25) is 15.9 Å². The first-order valence-corrected chi connectivity index (χ1v) is 10.9. The third-order valence-corrected chi connectivity index (χ3v) is 6.06. The summed E-state index contributed by atoms with van der Waals surface area (Å²) in [5.41, 5.74) is 1.60. The Balaban J connectivity index is 1.84. The second-order valence-corrected chi connectivity index (χ2v) is 8.60. The Kier molecular flexibility index (Phi) is 8.23. The fourth-order valence-electron chi connectivity index (χ4n) is 2.28. The largest absolute Gasteiger partial charge is 0.383 e. The number of sulfonamides is 1. The molecule has 0 fully saturated rings. The molecule has 2 rings (SSSR count). The predicted molar refractivity (Wildman–Crippen MR) is 107 cm³/mol. The number of rotatable bonds is 10. The summed E-state index contributed by atoms with van der Waals surface area (Å²) in [6.45, 7) is 2.00. The van der Waals surface area contributed by atoms with E-state index in [0.717, 1.165) is 5.56 Å². The first kappa shape index (κ1) is 21.4. The molecule has 0 saturated heterocycles. The van der Waals surface area contributed by atoms with Gasteiger partial charge < -0.3 is 10.1 Å². The van der Waals surface area contributed by atoms with E-state index in [1.54, 1.807) is 31.5 Å². The first-order chi connectivity index (χ1) is 12.9. The molecule has 1 unspecified atom stereocenters. The van der Waals surface area contributed by atoms with Crippen molar-refractivity contribution in [3.63, 3.8) is 0 Å². The zero-order valence-corrected chi connectivity index (χ0v) is 16.8. The van der Waals surface area contributed by atoms with Crippen LogP contribution in [0, 0.1) is 0 Å².